The van der Waals surface area contributed by atoms with E-state index >= 15 is 0 Å². The maximum absolute atomic E-state index is 5.64. The zero-order valence-corrected chi connectivity index (χ0v) is 8.31. The maximum Gasteiger partial charge on any atom is 0.0572 e. The van der Waals surface area contributed by atoms with E-state index < -0.39 is 0 Å². The van der Waals surface area contributed by atoms with Gasteiger partial charge in [-0.3, -0.25) is 0 Å². The van der Waals surface area contributed by atoms with Crippen LogP contribution in [0.1, 0.15) is 40.5 Å². The van der Waals surface area contributed by atoms with Gasteiger partial charge in [0.05, 0.1) is 12.7 Å². The van der Waals surface area contributed by atoms with Crippen molar-refractivity contribution in [2.45, 2.75) is 46.6 Å². The number of ether oxygens (including phenoxy) is 1. The van der Waals surface area contributed by atoms with Gasteiger partial charge in [0.25, 0.3) is 0 Å². The SMILES string of the molecule is [CH2]CC(CC)OCC(C)(C)C. The standard InChI is InChI=1S/C10H21O/c1-6-9(7-2)11-8-10(3,4)5/h9H,1,6-8H2,2-5H3. The van der Waals surface area contributed by atoms with Gasteiger partial charge in [0.15, 0.2) is 0 Å². The average molecular weight is 157 g/mol. The molecule has 0 aliphatic rings. The van der Waals surface area contributed by atoms with Gasteiger partial charge in [-0.1, -0.05) is 34.6 Å². The molecular weight excluding hydrogens is 136 g/mol. The van der Waals surface area contributed by atoms with E-state index in [4.69, 9.17) is 4.74 Å². The van der Waals surface area contributed by atoms with Crippen molar-refractivity contribution in [1.82, 2.24) is 0 Å². The lowest BCUT2D eigenvalue weighted by molar-refractivity contribution is 0.00827. The normalized spacial score (nSPS) is 12.5. The van der Waals surface area contributed by atoms with E-state index in [1.54, 1.807) is 0 Å². The third kappa shape index (κ3) is 6.36. The Bertz CT molecular complexity index is 87.5. The Balaban J connectivity index is 3.51. The van der Waals surface area contributed by atoms with Crippen LogP contribution in [0.2, 0.25) is 0 Å². The van der Waals surface area contributed by atoms with E-state index in [2.05, 4.69) is 34.6 Å². The molecule has 1 unspecified atom stereocenters. The summed E-state index contributed by atoms with van der Waals surface area (Å²) >= 11 is 0. The first-order chi connectivity index (χ1) is 4.99. The van der Waals surface area contributed by atoms with E-state index in [0.29, 0.717) is 6.10 Å². The quantitative estimate of drug-likeness (QED) is 0.609. The van der Waals surface area contributed by atoms with Crippen LogP contribution in [0.25, 0.3) is 0 Å². The molecule has 1 nitrogen and oxygen atoms in total. The van der Waals surface area contributed by atoms with Crippen molar-refractivity contribution in [2.75, 3.05) is 6.61 Å². The molecule has 0 aromatic carbocycles. The molecule has 0 bridgehead atoms. The third-order valence-electron chi connectivity index (χ3n) is 1.53. The Morgan fingerprint density at radius 2 is 1.91 bits per heavy atom. The molecule has 0 aliphatic carbocycles. The van der Waals surface area contributed by atoms with E-state index in [9.17, 15) is 0 Å². The zero-order chi connectivity index (χ0) is 8.91. The summed E-state index contributed by atoms with van der Waals surface area (Å²) in [6.07, 6.45) is 2.31. The fourth-order valence-electron chi connectivity index (χ4n) is 0.773. The van der Waals surface area contributed by atoms with Crippen LogP contribution in [0.3, 0.4) is 0 Å². The van der Waals surface area contributed by atoms with Crippen LogP contribution in [0, 0.1) is 12.3 Å². The summed E-state index contributed by atoms with van der Waals surface area (Å²) in [5.41, 5.74) is 0.280. The summed E-state index contributed by atoms with van der Waals surface area (Å²) in [6, 6.07) is 0. The fourth-order valence-corrected chi connectivity index (χ4v) is 0.773. The second-order valence-corrected chi connectivity index (χ2v) is 4.19. The second-order valence-electron chi connectivity index (χ2n) is 4.19. The monoisotopic (exact) mass is 157 g/mol. The van der Waals surface area contributed by atoms with E-state index in [0.717, 1.165) is 19.4 Å². The molecule has 67 valence electrons. The lowest BCUT2D eigenvalue weighted by Gasteiger charge is -2.22. The Labute approximate surface area is 71.1 Å². The third-order valence-corrected chi connectivity index (χ3v) is 1.53. The molecule has 0 aliphatic heterocycles. The molecule has 0 aromatic rings. The Kier molecular flexibility index (Phi) is 4.74. The first kappa shape index (κ1) is 11.0. The maximum atomic E-state index is 5.64. The van der Waals surface area contributed by atoms with Crippen molar-refractivity contribution in [3.8, 4) is 0 Å². The van der Waals surface area contributed by atoms with Crippen molar-refractivity contribution in [3.05, 3.63) is 6.92 Å². The van der Waals surface area contributed by atoms with Gasteiger partial charge in [-0.2, -0.15) is 0 Å². The van der Waals surface area contributed by atoms with Gasteiger partial charge >= 0.3 is 0 Å². The van der Waals surface area contributed by atoms with Gasteiger partial charge in [-0.05, 0) is 18.3 Å². The van der Waals surface area contributed by atoms with Crippen molar-refractivity contribution < 1.29 is 4.74 Å². The lowest BCUT2D eigenvalue weighted by atomic mass is 9.98. The molecule has 0 aromatic heterocycles. The molecule has 1 heteroatoms. The molecule has 0 amide bonds. The summed E-state index contributed by atoms with van der Waals surface area (Å²) in [5.74, 6) is 0. The smallest absolute Gasteiger partial charge is 0.0572 e. The van der Waals surface area contributed by atoms with Crippen molar-refractivity contribution in [2.24, 2.45) is 5.41 Å². The highest BCUT2D eigenvalue weighted by atomic mass is 16.5. The summed E-state index contributed by atoms with van der Waals surface area (Å²) in [4.78, 5) is 0. The van der Waals surface area contributed by atoms with Crippen molar-refractivity contribution in [3.63, 3.8) is 0 Å². The predicted molar refractivity (Wildman–Crippen MR) is 49.5 cm³/mol. The number of hydrogen-bond acceptors (Lipinski definition) is 1. The van der Waals surface area contributed by atoms with E-state index in [1.807, 2.05) is 0 Å². The van der Waals surface area contributed by atoms with Crippen LogP contribution in [0.4, 0.5) is 0 Å². The summed E-state index contributed by atoms with van der Waals surface area (Å²) in [6.45, 7) is 13.4. The van der Waals surface area contributed by atoms with Gasteiger partial charge < -0.3 is 4.74 Å². The van der Waals surface area contributed by atoms with Gasteiger partial charge in [0.2, 0.25) is 0 Å². The van der Waals surface area contributed by atoms with E-state index in [-0.39, 0.29) is 5.41 Å². The molecule has 1 atom stereocenters. The molecule has 0 heterocycles. The second kappa shape index (κ2) is 4.76. The first-order valence-corrected chi connectivity index (χ1v) is 4.40. The van der Waals surface area contributed by atoms with Crippen LogP contribution < -0.4 is 0 Å². The molecule has 0 N–H and O–H groups in total. The van der Waals surface area contributed by atoms with Gasteiger partial charge in [-0.25, -0.2) is 0 Å². The number of rotatable bonds is 4. The molecule has 0 saturated heterocycles. The largest absolute Gasteiger partial charge is 0.378 e. The highest BCUT2D eigenvalue weighted by Gasteiger charge is 2.12. The van der Waals surface area contributed by atoms with Crippen LogP contribution in [-0.2, 0) is 4.74 Å². The van der Waals surface area contributed by atoms with Crippen molar-refractivity contribution >= 4 is 0 Å². The van der Waals surface area contributed by atoms with Crippen LogP contribution in [0.5, 0.6) is 0 Å². The summed E-state index contributed by atoms with van der Waals surface area (Å²) in [7, 11) is 0. The summed E-state index contributed by atoms with van der Waals surface area (Å²) < 4.78 is 5.64. The topological polar surface area (TPSA) is 9.23 Å². The lowest BCUT2D eigenvalue weighted by Crippen LogP contribution is -2.20. The van der Waals surface area contributed by atoms with Gasteiger partial charge in [0, 0.05) is 0 Å². The average Bonchev–Trinajstić information content (AvgIpc) is 1.88. The van der Waals surface area contributed by atoms with E-state index in [1.165, 1.54) is 0 Å². The Morgan fingerprint density at radius 3 is 2.18 bits per heavy atom. The zero-order valence-electron chi connectivity index (χ0n) is 8.31. The molecule has 0 saturated carbocycles. The van der Waals surface area contributed by atoms with Crippen molar-refractivity contribution in [1.29, 1.82) is 0 Å². The van der Waals surface area contributed by atoms with Crippen LogP contribution in [-0.4, -0.2) is 12.7 Å². The minimum absolute atomic E-state index is 0.280. The predicted octanol–water partition coefficient (Wildman–Crippen LogP) is 3.05. The Morgan fingerprint density at radius 1 is 1.36 bits per heavy atom. The molecule has 11 heavy (non-hydrogen) atoms. The number of hydrogen-bond donors (Lipinski definition) is 0. The molecule has 0 rings (SSSR count). The minimum Gasteiger partial charge on any atom is -0.378 e. The molecule has 0 spiro atoms. The molecular formula is C10H21O. The minimum atomic E-state index is 0.280. The van der Waals surface area contributed by atoms with Crippen LogP contribution in [0.15, 0.2) is 0 Å². The van der Waals surface area contributed by atoms with Gasteiger partial charge in [-0.15, -0.1) is 0 Å². The first-order valence-electron chi connectivity index (χ1n) is 4.40. The highest BCUT2D eigenvalue weighted by molar-refractivity contribution is 4.63. The Hall–Kier alpha value is -0.0400. The van der Waals surface area contributed by atoms with Crippen LogP contribution >= 0.6 is 0 Å². The molecule has 1 radical (unpaired) electrons. The van der Waals surface area contributed by atoms with Gasteiger partial charge in [0.1, 0.15) is 0 Å². The molecule has 0 fully saturated rings. The fraction of sp³-hybridized carbons (Fsp3) is 0.900. The summed E-state index contributed by atoms with van der Waals surface area (Å²) in [5, 5.41) is 0. The highest BCUT2D eigenvalue weighted by Crippen LogP contribution is 2.15.